The van der Waals surface area contributed by atoms with Gasteiger partial charge in [-0.05, 0) is 97.3 Å². The van der Waals surface area contributed by atoms with Gasteiger partial charge in [-0.3, -0.25) is 14.4 Å². The Labute approximate surface area is 300 Å². The highest BCUT2D eigenvalue weighted by Gasteiger charge is 2.45. The molecular formula is C38H33F2N5O4S2. The number of pyridine rings is 1. The van der Waals surface area contributed by atoms with Crippen molar-refractivity contribution in [2.24, 2.45) is 5.41 Å². The van der Waals surface area contributed by atoms with Crippen LogP contribution in [0.15, 0.2) is 72.2 Å². The van der Waals surface area contributed by atoms with Crippen LogP contribution in [-0.4, -0.2) is 55.6 Å². The maximum Gasteiger partial charge on any atom is 0.265 e. The molecule has 1 spiro atoms. The minimum atomic E-state index is -0.852. The Balaban J connectivity index is 0.956. The molecule has 3 amide bonds. The first-order chi connectivity index (χ1) is 24.7. The minimum absolute atomic E-state index is 0.101. The van der Waals surface area contributed by atoms with E-state index in [9.17, 15) is 23.2 Å². The van der Waals surface area contributed by atoms with Gasteiger partial charge in [0, 0.05) is 61.8 Å². The van der Waals surface area contributed by atoms with E-state index in [-0.39, 0.29) is 22.9 Å². The number of fused-ring (bicyclic) bond motifs is 3. The first-order valence-corrected chi connectivity index (χ1v) is 18.4. The number of benzene rings is 2. The fourth-order valence-electron chi connectivity index (χ4n) is 7.01. The molecule has 260 valence electrons. The predicted octanol–water partition coefficient (Wildman–Crippen LogP) is 7.78. The summed E-state index contributed by atoms with van der Waals surface area (Å²) in [5.41, 5.74) is 4.23. The maximum absolute atomic E-state index is 14.2. The van der Waals surface area contributed by atoms with E-state index in [4.69, 9.17) is 4.74 Å². The van der Waals surface area contributed by atoms with Crippen molar-refractivity contribution in [3.8, 4) is 9.75 Å². The number of ether oxygens (including phenoxy) is 1. The molecule has 51 heavy (non-hydrogen) atoms. The number of aryl methyl sites for hydroxylation is 1. The van der Waals surface area contributed by atoms with Crippen LogP contribution in [0.2, 0.25) is 0 Å². The van der Waals surface area contributed by atoms with E-state index in [1.165, 1.54) is 28.7 Å². The minimum Gasteiger partial charge on any atom is -0.381 e. The number of amides is 3. The second-order valence-corrected chi connectivity index (χ2v) is 15.2. The Morgan fingerprint density at radius 2 is 1.71 bits per heavy atom. The van der Waals surface area contributed by atoms with E-state index < -0.39 is 17.5 Å². The molecular weight excluding hydrogens is 693 g/mol. The quantitative estimate of drug-likeness (QED) is 0.185. The van der Waals surface area contributed by atoms with Crippen molar-refractivity contribution < 1.29 is 27.9 Å². The molecule has 8 rings (SSSR count). The zero-order chi connectivity index (χ0) is 35.3. The topological polar surface area (TPSA) is 104 Å². The number of anilines is 4. The second-order valence-electron chi connectivity index (χ2n) is 13.3. The molecule has 3 aromatic heterocycles. The molecule has 2 fully saturated rings. The number of rotatable bonds is 6. The molecule has 0 radical (unpaired) electrons. The summed E-state index contributed by atoms with van der Waals surface area (Å²) in [5, 5.41) is 7.43. The highest BCUT2D eigenvalue weighted by molar-refractivity contribution is 7.23. The van der Waals surface area contributed by atoms with Gasteiger partial charge in [0.05, 0.1) is 31.6 Å². The summed E-state index contributed by atoms with van der Waals surface area (Å²) in [6, 6.07) is 15.4. The summed E-state index contributed by atoms with van der Waals surface area (Å²) in [4.78, 5) is 51.2. The van der Waals surface area contributed by atoms with E-state index in [0.29, 0.717) is 40.5 Å². The number of thiophene rings is 2. The lowest BCUT2D eigenvalue weighted by molar-refractivity contribution is -0.000511. The van der Waals surface area contributed by atoms with E-state index in [2.05, 4.69) is 20.5 Å². The SMILES string of the molecule is Cc1cnc(N2CC3(CCOCC3)C2)c(C(=O)Nc2ccc(C(=O)N3CCc4cc(C(=O)Nc5ccc(F)cc5F)sc4-c4sccc43)cc2)c1. The van der Waals surface area contributed by atoms with Gasteiger partial charge in [-0.25, -0.2) is 13.8 Å². The molecule has 0 aliphatic carbocycles. The Bertz CT molecular complexity index is 2170. The lowest BCUT2D eigenvalue weighted by Gasteiger charge is -2.53. The van der Waals surface area contributed by atoms with Gasteiger partial charge in [0.1, 0.15) is 17.5 Å². The van der Waals surface area contributed by atoms with Gasteiger partial charge in [0.25, 0.3) is 17.7 Å². The van der Waals surface area contributed by atoms with Crippen LogP contribution in [-0.2, 0) is 11.2 Å². The summed E-state index contributed by atoms with van der Waals surface area (Å²) < 4.78 is 33.1. The zero-order valence-electron chi connectivity index (χ0n) is 27.6. The van der Waals surface area contributed by atoms with Crippen molar-refractivity contribution in [1.82, 2.24) is 4.98 Å². The average Bonchev–Trinajstić information content (AvgIpc) is 3.74. The van der Waals surface area contributed by atoms with Crippen LogP contribution in [0.4, 0.5) is 31.7 Å². The Kier molecular flexibility index (Phi) is 8.65. The number of nitrogens with zero attached hydrogens (tertiary/aromatic N) is 3. The third-order valence-electron chi connectivity index (χ3n) is 9.75. The Morgan fingerprint density at radius 1 is 0.922 bits per heavy atom. The summed E-state index contributed by atoms with van der Waals surface area (Å²) in [6.45, 7) is 5.55. The molecule has 6 heterocycles. The third kappa shape index (κ3) is 6.41. The van der Waals surface area contributed by atoms with Crippen LogP contribution in [0.1, 0.15) is 54.4 Å². The molecule has 2 saturated heterocycles. The lowest BCUT2D eigenvalue weighted by Crippen LogP contribution is -2.59. The fraction of sp³-hybridized carbons (Fsp3) is 0.263. The first kappa shape index (κ1) is 33.2. The number of halogens is 2. The van der Waals surface area contributed by atoms with Crippen LogP contribution >= 0.6 is 22.7 Å². The average molecular weight is 726 g/mol. The van der Waals surface area contributed by atoms with Crippen molar-refractivity contribution in [3.63, 3.8) is 0 Å². The molecule has 0 atom stereocenters. The molecule has 0 unspecified atom stereocenters. The largest absolute Gasteiger partial charge is 0.381 e. The van der Waals surface area contributed by atoms with Crippen molar-refractivity contribution in [2.75, 3.05) is 53.3 Å². The molecule has 3 aliphatic rings. The maximum atomic E-state index is 14.2. The third-order valence-corrected chi connectivity index (χ3v) is 12.0. The van der Waals surface area contributed by atoms with Crippen LogP contribution in [0, 0.1) is 24.0 Å². The van der Waals surface area contributed by atoms with Gasteiger partial charge in [0.2, 0.25) is 0 Å². The fourth-order valence-corrected chi connectivity index (χ4v) is 9.20. The van der Waals surface area contributed by atoms with E-state index in [1.54, 1.807) is 41.4 Å². The summed E-state index contributed by atoms with van der Waals surface area (Å²) in [7, 11) is 0. The number of hydrogen-bond acceptors (Lipinski definition) is 8. The molecule has 2 aromatic carbocycles. The molecule has 2 N–H and O–H groups in total. The summed E-state index contributed by atoms with van der Waals surface area (Å²) in [5.74, 6) is -1.83. The van der Waals surface area contributed by atoms with Gasteiger partial charge >= 0.3 is 0 Å². The van der Waals surface area contributed by atoms with Crippen molar-refractivity contribution in [3.05, 3.63) is 111 Å². The number of hydrogen-bond donors (Lipinski definition) is 2. The molecule has 0 saturated carbocycles. The number of carbonyl (C=O) groups is 3. The summed E-state index contributed by atoms with van der Waals surface area (Å²) >= 11 is 2.75. The first-order valence-electron chi connectivity index (χ1n) is 16.7. The zero-order valence-corrected chi connectivity index (χ0v) is 29.3. The second kappa shape index (κ2) is 13.3. The molecule has 5 aromatic rings. The number of carbonyl (C=O) groups excluding carboxylic acids is 3. The smallest absolute Gasteiger partial charge is 0.265 e. The number of nitrogens with one attached hydrogen (secondary N) is 2. The van der Waals surface area contributed by atoms with Crippen LogP contribution in [0.3, 0.4) is 0 Å². The highest BCUT2D eigenvalue weighted by Crippen LogP contribution is 2.46. The van der Waals surface area contributed by atoms with Gasteiger partial charge < -0.3 is 25.2 Å². The van der Waals surface area contributed by atoms with E-state index in [1.807, 2.05) is 24.4 Å². The highest BCUT2D eigenvalue weighted by atomic mass is 32.1. The predicted molar refractivity (Wildman–Crippen MR) is 195 cm³/mol. The molecule has 9 nitrogen and oxygen atoms in total. The summed E-state index contributed by atoms with van der Waals surface area (Å²) in [6.07, 6.45) is 4.33. The van der Waals surface area contributed by atoms with Gasteiger partial charge in [0.15, 0.2) is 0 Å². The van der Waals surface area contributed by atoms with E-state index in [0.717, 1.165) is 77.8 Å². The standard InChI is InChI=1S/C38H33F2N5O4S2/c1-22-16-27(34(41-19-22)44-20-38(21-44)10-13-49-14-11-38)35(46)42-26-5-2-23(3-6-26)37(48)45-12-8-24-17-31(51-32(24)33-30(45)9-15-50-33)36(47)43-29-7-4-25(39)18-28(29)40/h2-7,9,15-19H,8,10-14,20-21H2,1H3,(H,42,46)(H,43,47). The van der Waals surface area contributed by atoms with Crippen molar-refractivity contribution in [1.29, 1.82) is 0 Å². The number of aromatic nitrogens is 1. The van der Waals surface area contributed by atoms with Crippen molar-refractivity contribution >= 4 is 63.3 Å². The normalized spacial score (nSPS) is 16.1. The van der Waals surface area contributed by atoms with Gasteiger partial charge in [-0.15, -0.1) is 22.7 Å². The van der Waals surface area contributed by atoms with Crippen molar-refractivity contribution in [2.45, 2.75) is 26.2 Å². The lowest BCUT2D eigenvalue weighted by atomic mass is 9.73. The van der Waals surface area contributed by atoms with Gasteiger partial charge in [-0.2, -0.15) is 0 Å². The van der Waals surface area contributed by atoms with E-state index >= 15 is 0 Å². The van der Waals surface area contributed by atoms with Crippen LogP contribution in [0.25, 0.3) is 9.75 Å². The van der Waals surface area contributed by atoms with Crippen LogP contribution < -0.4 is 20.4 Å². The van der Waals surface area contributed by atoms with Crippen LogP contribution in [0.5, 0.6) is 0 Å². The monoisotopic (exact) mass is 725 g/mol. The Morgan fingerprint density at radius 3 is 2.47 bits per heavy atom. The molecule has 13 heteroatoms. The Hall–Kier alpha value is -4.98. The molecule has 0 bridgehead atoms. The van der Waals surface area contributed by atoms with Gasteiger partial charge in [-0.1, -0.05) is 0 Å². The molecule has 3 aliphatic heterocycles.